The molecule has 2 atom stereocenters. The van der Waals surface area contributed by atoms with E-state index in [0.29, 0.717) is 5.75 Å². The van der Waals surface area contributed by atoms with E-state index in [1.807, 2.05) is 65.6 Å². The molecule has 0 unspecified atom stereocenters. The summed E-state index contributed by atoms with van der Waals surface area (Å²) in [5, 5.41) is 0. The van der Waals surface area contributed by atoms with Gasteiger partial charge < -0.3 is 4.74 Å². The predicted molar refractivity (Wildman–Crippen MR) is 98.7 cm³/mol. The highest BCUT2D eigenvalue weighted by molar-refractivity contribution is 6.05. The maximum absolute atomic E-state index is 12.8. The Balaban J connectivity index is 1.68. The van der Waals surface area contributed by atoms with Crippen LogP contribution in [0.15, 0.2) is 84.9 Å². The average molecular weight is 329 g/mol. The number of carbonyl (C=O) groups excluding carboxylic acids is 1. The van der Waals surface area contributed by atoms with Crippen LogP contribution in [-0.2, 0) is 4.79 Å². The fourth-order valence-electron chi connectivity index (χ4n) is 3.19. The molecule has 0 aliphatic carbocycles. The summed E-state index contributed by atoms with van der Waals surface area (Å²) in [4.78, 5) is 14.6. The first-order chi connectivity index (χ1) is 12.2. The topological polar surface area (TPSA) is 29.5 Å². The number of carbonyl (C=O) groups is 1. The lowest BCUT2D eigenvalue weighted by Crippen LogP contribution is -2.61. The summed E-state index contributed by atoms with van der Waals surface area (Å²) < 4.78 is 6.02. The Hall–Kier alpha value is -3.07. The molecule has 3 heteroatoms. The molecule has 1 heterocycles. The van der Waals surface area contributed by atoms with Gasteiger partial charge in [-0.3, -0.25) is 9.69 Å². The Bertz CT molecular complexity index is 860. The van der Waals surface area contributed by atoms with Gasteiger partial charge in [0.1, 0.15) is 11.8 Å². The average Bonchev–Trinajstić information content (AvgIpc) is 2.66. The zero-order valence-corrected chi connectivity index (χ0v) is 14.0. The molecule has 0 N–H and O–H groups in total. The number of β-lactam (4-membered cyclic amide) rings is 1. The zero-order chi connectivity index (χ0) is 17.2. The van der Waals surface area contributed by atoms with E-state index < -0.39 is 6.10 Å². The highest BCUT2D eigenvalue weighted by atomic mass is 16.5. The number of hydrogen-bond donors (Lipinski definition) is 0. The lowest BCUT2D eigenvalue weighted by atomic mass is 9.89. The number of rotatable bonds is 4. The molecule has 124 valence electrons. The Morgan fingerprint density at radius 3 is 2.04 bits per heavy atom. The SMILES string of the molecule is Cc1ccc([C@H]2[C@@H](Oc3ccccc3)C(=O)N2c2ccccc2)cc1. The standard InChI is InChI=1S/C22H19NO2/c1-16-12-14-17(15-13-16)20-21(25-19-10-6-3-7-11-19)22(24)23(20)18-8-4-2-5-9-18/h2-15,20-21H,1H3/t20-,21+/m0/s1. The van der Waals surface area contributed by atoms with Crippen LogP contribution in [0.25, 0.3) is 0 Å². The molecule has 0 radical (unpaired) electrons. The second-order valence-electron chi connectivity index (χ2n) is 6.25. The summed E-state index contributed by atoms with van der Waals surface area (Å²) in [7, 11) is 0. The molecule has 3 nitrogen and oxygen atoms in total. The van der Waals surface area contributed by atoms with Crippen molar-refractivity contribution in [1.29, 1.82) is 0 Å². The van der Waals surface area contributed by atoms with Gasteiger partial charge in [0, 0.05) is 5.69 Å². The quantitative estimate of drug-likeness (QED) is 0.658. The minimum atomic E-state index is -0.509. The molecule has 3 aromatic rings. The molecule has 4 rings (SSSR count). The van der Waals surface area contributed by atoms with Crippen LogP contribution in [0.4, 0.5) is 5.69 Å². The minimum absolute atomic E-state index is 0.0133. The molecule has 1 aliphatic heterocycles. The van der Waals surface area contributed by atoms with Gasteiger partial charge in [-0.25, -0.2) is 0 Å². The molecule has 25 heavy (non-hydrogen) atoms. The normalized spacial score (nSPS) is 19.4. The van der Waals surface area contributed by atoms with E-state index in [4.69, 9.17) is 4.74 Å². The van der Waals surface area contributed by atoms with Crippen molar-refractivity contribution in [1.82, 2.24) is 0 Å². The van der Waals surface area contributed by atoms with Crippen LogP contribution in [0.3, 0.4) is 0 Å². The van der Waals surface area contributed by atoms with E-state index in [1.54, 1.807) is 0 Å². The van der Waals surface area contributed by atoms with Crippen molar-refractivity contribution in [2.24, 2.45) is 0 Å². The summed E-state index contributed by atoms with van der Waals surface area (Å²) in [5.41, 5.74) is 3.17. The molecule has 3 aromatic carbocycles. The first-order valence-corrected chi connectivity index (χ1v) is 8.40. The summed E-state index contributed by atoms with van der Waals surface area (Å²) in [5.74, 6) is 0.700. The maximum Gasteiger partial charge on any atom is 0.271 e. The molecule has 0 bridgehead atoms. The van der Waals surface area contributed by atoms with Crippen molar-refractivity contribution >= 4 is 11.6 Å². The van der Waals surface area contributed by atoms with Crippen molar-refractivity contribution in [2.45, 2.75) is 19.1 Å². The molecular weight excluding hydrogens is 310 g/mol. The zero-order valence-electron chi connectivity index (χ0n) is 14.0. The van der Waals surface area contributed by atoms with Gasteiger partial charge in [-0.15, -0.1) is 0 Å². The van der Waals surface area contributed by atoms with Crippen LogP contribution >= 0.6 is 0 Å². The molecule has 1 saturated heterocycles. The molecular formula is C22H19NO2. The van der Waals surface area contributed by atoms with Gasteiger partial charge >= 0.3 is 0 Å². The van der Waals surface area contributed by atoms with Gasteiger partial charge in [0.25, 0.3) is 5.91 Å². The van der Waals surface area contributed by atoms with Crippen molar-refractivity contribution in [3.8, 4) is 5.75 Å². The number of benzene rings is 3. The van der Waals surface area contributed by atoms with Crippen LogP contribution in [0.2, 0.25) is 0 Å². The second kappa shape index (κ2) is 6.44. The largest absolute Gasteiger partial charge is 0.478 e. The third kappa shape index (κ3) is 2.89. The Kier molecular flexibility index (Phi) is 3.98. The summed E-state index contributed by atoms with van der Waals surface area (Å²) in [6, 6.07) is 27.4. The molecule has 0 spiro atoms. The van der Waals surface area contributed by atoms with Crippen LogP contribution < -0.4 is 9.64 Å². The van der Waals surface area contributed by atoms with Crippen LogP contribution in [0, 0.1) is 6.92 Å². The van der Waals surface area contributed by atoms with Gasteiger partial charge in [0.2, 0.25) is 6.10 Å². The summed E-state index contributed by atoms with van der Waals surface area (Å²) >= 11 is 0. The van der Waals surface area contributed by atoms with Crippen LogP contribution in [-0.4, -0.2) is 12.0 Å². The van der Waals surface area contributed by atoms with Gasteiger partial charge in [0.15, 0.2) is 0 Å². The van der Waals surface area contributed by atoms with Gasteiger partial charge in [-0.1, -0.05) is 66.2 Å². The predicted octanol–water partition coefficient (Wildman–Crippen LogP) is 4.53. The third-order valence-corrected chi connectivity index (χ3v) is 4.51. The molecule has 1 amide bonds. The third-order valence-electron chi connectivity index (χ3n) is 4.51. The van der Waals surface area contributed by atoms with E-state index in [2.05, 4.69) is 31.2 Å². The highest BCUT2D eigenvalue weighted by Gasteiger charge is 2.50. The number of aryl methyl sites for hydroxylation is 1. The number of nitrogens with zero attached hydrogens (tertiary/aromatic N) is 1. The lowest BCUT2D eigenvalue weighted by molar-refractivity contribution is -0.135. The number of ether oxygens (including phenoxy) is 1. The van der Waals surface area contributed by atoms with E-state index >= 15 is 0 Å². The molecule has 1 fully saturated rings. The van der Waals surface area contributed by atoms with Crippen molar-refractivity contribution in [3.05, 3.63) is 96.1 Å². The molecule has 1 aliphatic rings. The first kappa shape index (κ1) is 15.5. The fourth-order valence-corrected chi connectivity index (χ4v) is 3.19. The smallest absolute Gasteiger partial charge is 0.271 e. The minimum Gasteiger partial charge on any atom is -0.478 e. The number of anilines is 1. The number of hydrogen-bond acceptors (Lipinski definition) is 2. The Labute approximate surface area is 147 Å². The van der Waals surface area contributed by atoms with Crippen LogP contribution in [0.5, 0.6) is 5.75 Å². The van der Waals surface area contributed by atoms with E-state index in [0.717, 1.165) is 11.3 Å². The lowest BCUT2D eigenvalue weighted by Gasteiger charge is -2.46. The summed E-state index contributed by atoms with van der Waals surface area (Å²) in [6.45, 7) is 2.06. The molecule has 0 aromatic heterocycles. The number of amides is 1. The van der Waals surface area contributed by atoms with Gasteiger partial charge in [-0.05, 0) is 36.8 Å². The van der Waals surface area contributed by atoms with E-state index in [1.165, 1.54) is 5.56 Å². The fraction of sp³-hybridized carbons (Fsp3) is 0.136. The van der Waals surface area contributed by atoms with E-state index in [-0.39, 0.29) is 11.9 Å². The summed E-state index contributed by atoms with van der Waals surface area (Å²) in [6.07, 6.45) is -0.509. The molecule has 0 saturated carbocycles. The maximum atomic E-state index is 12.8. The van der Waals surface area contributed by atoms with Gasteiger partial charge in [-0.2, -0.15) is 0 Å². The highest BCUT2D eigenvalue weighted by Crippen LogP contribution is 2.41. The van der Waals surface area contributed by atoms with Crippen molar-refractivity contribution < 1.29 is 9.53 Å². The van der Waals surface area contributed by atoms with E-state index in [9.17, 15) is 4.79 Å². The van der Waals surface area contributed by atoms with Crippen LogP contribution in [0.1, 0.15) is 17.2 Å². The Morgan fingerprint density at radius 1 is 0.800 bits per heavy atom. The van der Waals surface area contributed by atoms with Crippen molar-refractivity contribution in [2.75, 3.05) is 4.90 Å². The second-order valence-corrected chi connectivity index (χ2v) is 6.25. The first-order valence-electron chi connectivity index (χ1n) is 8.40. The number of para-hydroxylation sites is 2. The van der Waals surface area contributed by atoms with Gasteiger partial charge in [0.05, 0.1) is 0 Å². The monoisotopic (exact) mass is 329 g/mol. The Morgan fingerprint density at radius 2 is 1.40 bits per heavy atom. The van der Waals surface area contributed by atoms with Crippen molar-refractivity contribution in [3.63, 3.8) is 0 Å².